The molecule has 1 aliphatic heterocycles. The summed E-state index contributed by atoms with van der Waals surface area (Å²) in [6, 6.07) is 11.9. The van der Waals surface area contributed by atoms with E-state index in [4.69, 9.17) is 4.74 Å². The van der Waals surface area contributed by atoms with Crippen molar-refractivity contribution < 1.29 is 9.53 Å². The average Bonchev–Trinajstić information content (AvgIpc) is 3.42. The molecule has 0 spiro atoms. The van der Waals surface area contributed by atoms with Gasteiger partial charge < -0.3 is 15.0 Å². The van der Waals surface area contributed by atoms with Crippen molar-refractivity contribution >= 4 is 11.7 Å². The number of anilines is 1. The van der Waals surface area contributed by atoms with E-state index in [-0.39, 0.29) is 11.8 Å². The average molecular weight is 391 g/mol. The number of pyridine rings is 1. The molecule has 7 nitrogen and oxygen atoms in total. The van der Waals surface area contributed by atoms with Gasteiger partial charge in [-0.1, -0.05) is 18.2 Å². The molecule has 29 heavy (non-hydrogen) atoms. The Morgan fingerprint density at radius 3 is 3.00 bits per heavy atom. The van der Waals surface area contributed by atoms with Crippen molar-refractivity contribution in [2.75, 3.05) is 25.5 Å². The quantitative estimate of drug-likeness (QED) is 0.673. The van der Waals surface area contributed by atoms with Gasteiger partial charge in [-0.2, -0.15) is 5.10 Å². The SMILES string of the molecule is COc1ccccc1CNc1cc(-c2cn[nH]c2[C@@H]2CCN(C(C)=O)C2)ccn1. The number of hydrogen-bond donors (Lipinski definition) is 2. The molecule has 1 fully saturated rings. The number of amides is 1. The smallest absolute Gasteiger partial charge is 0.219 e. The third-order valence-electron chi connectivity index (χ3n) is 5.43. The summed E-state index contributed by atoms with van der Waals surface area (Å²) in [6.07, 6.45) is 4.59. The van der Waals surface area contributed by atoms with Crippen molar-refractivity contribution in [2.45, 2.75) is 25.8 Å². The maximum atomic E-state index is 11.7. The van der Waals surface area contributed by atoms with Crippen molar-refractivity contribution in [3.63, 3.8) is 0 Å². The number of nitrogens with zero attached hydrogens (tertiary/aromatic N) is 3. The Bertz CT molecular complexity index is 1000. The number of carbonyl (C=O) groups is 1. The molecule has 1 aliphatic rings. The summed E-state index contributed by atoms with van der Waals surface area (Å²) >= 11 is 0. The molecule has 7 heteroatoms. The molecule has 1 saturated heterocycles. The van der Waals surface area contributed by atoms with E-state index in [1.165, 1.54) is 0 Å². The maximum absolute atomic E-state index is 11.7. The first kappa shape index (κ1) is 19.0. The fourth-order valence-corrected chi connectivity index (χ4v) is 3.85. The van der Waals surface area contributed by atoms with E-state index in [1.54, 1.807) is 20.2 Å². The Kier molecular flexibility index (Phi) is 5.46. The predicted molar refractivity (Wildman–Crippen MR) is 112 cm³/mol. The lowest BCUT2D eigenvalue weighted by Gasteiger charge is -2.14. The summed E-state index contributed by atoms with van der Waals surface area (Å²) < 4.78 is 5.41. The highest BCUT2D eigenvalue weighted by Gasteiger charge is 2.28. The lowest BCUT2D eigenvalue weighted by atomic mass is 9.97. The van der Waals surface area contributed by atoms with Gasteiger partial charge in [0.25, 0.3) is 0 Å². The number of rotatable bonds is 6. The van der Waals surface area contributed by atoms with Crippen LogP contribution in [0.25, 0.3) is 11.1 Å². The highest BCUT2D eigenvalue weighted by Crippen LogP contribution is 2.33. The maximum Gasteiger partial charge on any atom is 0.219 e. The second-order valence-corrected chi connectivity index (χ2v) is 7.24. The fourth-order valence-electron chi connectivity index (χ4n) is 3.85. The highest BCUT2D eigenvalue weighted by molar-refractivity contribution is 5.74. The second kappa shape index (κ2) is 8.34. The van der Waals surface area contributed by atoms with E-state index in [0.29, 0.717) is 6.54 Å². The first-order valence-corrected chi connectivity index (χ1v) is 9.76. The van der Waals surface area contributed by atoms with Crippen molar-refractivity contribution in [1.29, 1.82) is 0 Å². The van der Waals surface area contributed by atoms with E-state index in [2.05, 4.69) is 20.5 Å². The monoisotopic (exact) mass is 391 g/mol. The molecule has 2 aromatic heterocycles. The third-order valence-corrected chi connectivity index (χ3v) is 5.43. The van der Waals surface area contributed by atoms with Crippen LogP contribution in [0.2, 0.25) is 0 Å². The van der Waals surface area contributed by atoms with Gasteiger partial charge in [-0.3, -0.25) is 9.89 Å². The number of ether oxygens (including phenoxy) is 1. The minimum Gasteiger partial charge on any atom is -0.496 e. The highest BCUT2D eigenvalue weighted by atomic mass is 16.5. The molecule has 1 aromatic carbocycles. The zero-order valence-electron chi connectivity index (χ0n) is 16.7. The normalized spacial score (nSPS) is 16.1. The first-order valence-electron chi connectivity index (χ1n) is 9.76. The van der Waals surface area contributed by atoms with Crippen LogP contribution in [-0.4, -0.2) is 46.2 Å². The van der Waals surface area contributed by atoms with E-state index in [9.17, 15) is 4.79 Å². The Morgan fingerprint density at radius 2 is 2.21 bits per heavy atom. The molecule has 0 radical (unpaired) electrons. The van der Waals surface area contributed by atoms with Gasteiger partial charge in [0, 0.05) is 55.5 Å². The molecule has 1 amide bonds. The molecule has 0 bridgehead atoms. The summed E-state index contributed by atoms with van der Waals surface area (Å²) in [6.45, 7) is 3.77. The lowest BCUT2D eigenvalue weighted by Crippen LogP contribution is -2.25. The van der Waals surface area contributed by atoms with Crippen LogP contribution >= 0.6 is 0 Å². The Labute approximate surface area is 170 Å². The standard InChI is InChI=1S/C22H25N5O2/c1-15(28)27-10-8-18(14-27)22-19(13-25-26-22)16-7-9-23-21(11-16)24-12-17-5-3-4-6-20(17)29-2/h3-7,9,11,13,18H,8,10,12,14H2,1-2H3,(H,23,24)(H,25,26)/t18-/m1/s1. The van der Waals surface area contributed by atoms with E-state index in [0.717, 1.165) is 53.5 Å². The number of hydrogen-bond acceptors (Lipinski definition) is 5. The van der Waals surface area contributed by atoms with Gasteiger partial charge in [-0.25, -0.2) is 4.98 Å². The van der Waals surface area contributed by atoms with Crippen molar-refractivity contribution in [3.05, 3.63) is 60.0 Å². The van der Waals surface area contributed by atoms with Crippen molar-refractivity contribution in [2.24, 2.45) is 0 Å². The summed E-state index contributed by atoms with van der Waals surface area (Å²) in [5.74, 6) is 2.04. The number of benzene rings is 1. The van der Waals surface area contributed by atoms with Crippen LogP contribution in [0.5, 0.6) is 5.75 Å². The minimum absolute atomic E-state index is 0.125. The molecular weight excluding hydrogens is 366 g/mol. The zero-order valence-corrected chi connectivity index (χ0v) is 16.7. The molecule has 0 unspecified atom stereocenters. The molecule has 150 valence electrons. The summed E-state index contributed by atoms with van der Waals surface area (Å²) in [5, 5.41) is 10.8. The minimum atomic E-state index is 0.125. The Morgan fingerprint density at radius 1 is 1.34 bits per heavy atom. The van der Waals surface area contributed by atoms with Crippen LogP contribution in [0.4, 0.5) is 5.82 Å². The lowest BCUT2D eigenvalue weighted by molar-refractivity contribution is -0.127. The number of aromatic amines is 1. The first-order chi connectivity index (χ1) is 14.2. The van der Waals surface area contributed by atoms with Crippen LogP contribution in [-0.2, 0) is 11.3 Å². The number of aromatic nitrogens is 3. The van der Waals surface area contributed by atoms with Gasteiger partial charge >= 0.3 is 0 Å². The number of para-hydroxylation sites is 1. The van der Waals surface area contributed by atoms with Gasteiger partial charge in [0.2, 0.25) is 5.91 Å². The molecule has 0 aliphatic carbocycles. The van der Waals surface area contributed by atoms with Crippen LogP contribution in [0.3, 0.4) is 0 Å². The largest absolute Gasteiger partial charge is 0.496 e. The molecule has 4 rings (SSSR count). The van der Waals surface area contributed by atoms with E-state index < -0.39 is 0 Å². The molecule has 2 N–H and O–H groups in total. The number of carbonyl (C=O) groups excluding carboxylic acids is 1. The van der Waals surface area contributed by atoms with Crippen LogP contribution in [0.1, 0.15) is 30.5 Å². The molecular formula is C22H25N5O2. The second-order valence-electron chi connectivity index (χ2n) is 7.24. The van der Waals surface area contributed by atoms with E-state index in [1.807, 2.05) is 47.5 Å². The van der Waals surface area contributed by atoms with Gasteiger partial charge in [-0.15, -0.1) is 0 Å². The van der Waals surface area contributed by atoms with Gasteiger partial charge in [-0.05, 0) is 30.2 Å². The van der Waals surface area contributed by atoms with Crippen LogP contribution < -0.4 is 10.1 Å². The van der Waals surface area contributed by atoms with Gasteiger partial charge in [0.15, 0.2) is 0 Å². The third kappa shape index (κ3) is 4.08. The number of H-pyrrole nitrogens is 1. The summed E-state index contributed by atoms with van der Waals surface area (Å²) in [4.78, 5) is 18.0. The van der Waals surface area contributed by atoms with Gasteiger partial charge in [0.1, 0.15) is 11.6 Å². The summed E-state index contributed by atoms with van der Waals surface area (Å²) in [5.41, 5.74) is 4.26. The van der Waals surface area contributed by atoms with Crippen LogP contribution in [0.15, 0.2) is 48.8 Å². The fraction of sp³-hybridized carbons (Fsp3) is 0.318. The molecule has 0 saturated carbocycles. The number of nitrogens with one attached hydrogen (secondary N) is 2. The topological polar surface area (TPSA) is 83.1 Å². The Balaban J connectivity index is 1.51. The molecule has 1 atom stereocenters. The molecule has 3 aromatic rings. The Hall–Kier alpha value is -3.35. The van der Waals surface area contributed by atoms with E-state index >= 15 is 0 Å². The van der Waals surface area contributed by atoms with Gasteiger partial charge in [0.05, 0.1) is 13.3 Å². The summed E-state index contributed by atoms with van der Waals surface area (Å²) in [7, 11) is 1.67. The predicted octanol–water partition coefficient (Wildman–Crippen LogP) is 3.43. The van der Waals surface area contributed by atoms with Crippen molar-refractivity contribution in [3.8, 4) is 16.9 Å². The number of methoxy groups -OCH3 is 1. The number of likely N-dealkylation sites (tertiary alicyclic amines) is 1. The van der Waals surface area contributed by atoms with Crippen molar-refractivity contribution in [1.82, 2.24) is 20.1 Å². The zero-order chi connectivity index (χ0) is 20.2. The molecule has 3 heterocycles. The van der Waals surface area contributed by atoms with Crippen LogP contribution in [0, 0.1) is 0 Å².